The van der Waals surface area contributed by atoms with E-state index in [-0.39, 0.29) is 0 Å². The van der Waals surface area contributed by atoms with Crippen LogP contribution in [0.1, 0.15) is 19.4 Å². The summed E-state index contributed by atoms with van der Waals surface area (Å²) in [7, 11) is 2.17. The number of anilines is 1. The molecule has 0 aromatic carbocycles. The summed E-state index contributed by atoms with van der Waals surface area (Å²) in [6.45, 7) is 9.67. The van der Waals surface area contributed by atoms with Crippen LogP contribution in [0.4, 0.5) is 5.82 Å². The van der Waals surface area contributed by atoms with Gasteiger partial charge in [0.05, 0.1) is 11.8 Å². The average molecular weight is 288 g/mol. The summed E-state index contributed by atoms with van der Waals surface area (Å²) in [5.41, 5.74) is 0.547. The smallest absolute Gasteiger partial charge is 0.166 e. The van der Waals surface area contributed by atoms with Gasteiger partial charge in [0.15, 0.2) is 5.82 Å². The number of nitrogens with zero attached hydrogens (tertiary/aromatic N) is 5. The minimum Gasteiger partial charge on any atom is -0.366 e. The van der Waals surface area contributed by atoms with Crippen LogP contribution in [0.2, 0.25) is 0 Å². The predicted molar refractivity (Wildman–Crippen MR) is 82.9 cm³/mol. The van der Waals surface area contributed by atoms with Gasteiger partial charge < -0.3 is 10.2 Å². The van der Waals surface area contributed by atoms with Gasteiger partial charge in [-0.2, -0.15) is 10.4 Å². The van der Waals surface area contributed by atoms with E-state index in [9.17, 15) is 0 Å². The fourth-order valence-electron chi connectivity index (χ4n) is 2.69. The van der Waals surface area contributed by atoms with Crippen LogP contribution in [-0.2, 0) is 0 Å². The lowest BCUT2D eigenvalue weighted by Gasteiger charge is -2.40. The van der Waals surface area contributed by atoms with Crippen molar-refractivity contribution in [2.24, 2.45) is 5.92 Å². The summed E-state index contributed by atoms with van der Waals surface area (Å²) in [6, 6.07) is 4.28. The van der Waals surface area contributed by atoms with Crippen LogP contribution in [0, 0.1) is 17.2 Å². The van der Waals surface area contributed by atoms with E-state index in [1.54, 1.807) is 12.3 Å². The van der Waals surface area contributed by atoms with E-state index in [2.05, 4.69) is 52.3 Å². The van der Waals surface area contributed by atoms with Gasteiger partial charge >= 0.3 is 0 Å². The third-order valence-electron chi connectivity index (χ3n) is 4.10. The molecule has 2 rings (SSSR count). The van der Waals surface area contributed by atoms with Crippen molar-refractivity contribution in [3.8, 4) is 6.07 Å². The molecule has 6 heteroatoms. The molecule has 0 spiro atoms. The Morgan fingerprint density at radius 2 is 2.05 bits per heavy atom. The molecule has 21 heavy (non-hydrogen) atoms. The summed E-state index contributed by atoms with van der Waals surface area (Å²) in [5.74, 6) is 1.13. The monoisotopic (exact) mass is 288 g/mol. The zero-order valence-corrected chi connectivity index (χ0v) is 13.1. The number of likely N-dealkylation sites (N-methyl/N-ethyl adjacent to an activating group) is 1. The lowest BCUT2D eigenvalue weighted by atomic mass is 10.0. The Hall–Kier alpha value is -1.71. The van der Waals surface area contributed by atoms with Crippen molar-refractivity contribution in [2.75, 3.05) is 45.1 Å². The standard InChI is InChI=1S/C15H24N6/c1-12(2)14(21-8-6-20(3)7-9-21)11-17-15-13(10-16)4-5-18-19-15/h4-5,12,14H,6-9,11H2,1-3H3,(H,17,19). The molecule has 1 atom stereocenters. The maximum absolute atomic E-state index is 9.10. The number of hydrogen-bond acceptors (Lipinski definition) is 6. The third kappa shape index (κ3) is 4.13. The highest BCUT2D eigenvalue weighted by atomic mass is 15.3. The third-order valence-corrected chi connectivity index (χ3v) is 4.10. The quantitative estimate of drug-likeness (QED) is 0.873. The van der Waals surface area contributed by atoms with E-state index >= 15 is 0 Å². The molecule has 0 amide bonds. The van der Waals surface area contributed by atoms with Crippen molar-refractivity contribution in [3.63, 3.8) is 0 Å². The van der Waals surface area contributed by atoms with Crippen LogP contribution in [0.25, 0.3) is 0 Å². The fraction of sp³-hybridized carbons (Fsp3) is 0.667. The first kappa shape index (κ1) is 15.7. The van der Waals surface area contributed by atoms with Gasteiger partial charge in [-0.15, -0.1) is 5.10 Å². The summed E-state index contributed by atoms with van der Waals surface area (Å²) < 4.78 is 0. The first-order valence-electron chi connectivity index (χ1n) is 7.50. The van der Waals surface area contributed by atoms with Gasteiger partial charge in [-0.05, 0) is 19.0 Å². The molecule has 0 aliphatic carbocycles. The van der Waals surface area contributed by atoms with Crippen LogP contribution in [0.15, 0.2) is 12.3 Å². The minimum atomic E-state index is 0.437. The van der Waals surface area contributed by atoms with Crippen molar-refractivity contribution < 1.29 is 0 Å². The zero-order chi connectivity index (χ0) is 15.2. The largest absolute Gasteiger partial charge is 0.366 e. The second-order valence-electron chi connectivity index (χ2n) is 5.94. The molecule has 1 aromatic rings. The maximum Gasteiger partial charge on any atom is 0.166 e. The first-order valence-corrected chi connectivity index (χ1v) is 7.50. The Bertz CT molecular complexity index is 487. The molecule has 0 radical (unpaired) electrons. The van der Waals surface area contributed by atoms with Crippen LogP contribution < -0.4 is 5.32 Å². The van der Waals surface area contributed by atoms with Gasteiger partial charge in [-0.3, -0.25) is 4.90 Å². The molecule has 1 aromatic heterocycles. The second-order valence-corrected chi connectivity index (χ2v) is 5.94. The molecule has 2 heterocycles. The van der Waals surface area contributed by atoms with E-state index in [0.717, 1.165) is 32.7 Å². The minimum absolute atomic E-state index is 0.437. The van der Waals surface area contributed by atoms with Crippen molar-refractivity contribution >= 4 is 5.82 Å². The molecule has 1 unspecified atom stereocenters. The van der Waals surface area contributed by atoms with E-state index in [0.29, 0.717) is 23.3 Å². The van der Waals surface area contributed by atoms with Crippen molar-refractivity contribution in [2.45, 2.75) is 19.9 Å². The van der Waals surface area contributed by atoms with E-state index in [1.165, 1.54) is 0 Å². The average Bonchev–Trinajstić information content (AvgIpc) is 2.49. The molecular weight excluding hydrogens is 264 g/mol. The molecule has 114 valence electrons. The lowest BCUT2D eigenvalue weighted by Crippen LogP contribution is -2.52. The normalized spacial score (nSPS) is 18.4. The van der Waals surface area contributed by atoms with E-state index in [4.69, 9.17) is 5.26 Å². The maximum atomic E-state index is 9.10. The molecule has 1 N–H and O–H groups in total. The number of nitriles is 1. The van der Waals surface area contributed by atoms with Crippen molar-refractivity contribution in [3.05, 3.63) is 17.8 Å². The topological polar surface area (TPSA) is 68.1 Å². The molecule has 6 nitrogen and oxygen atoms in total. The number of aromatic nitrogens is 2. The number of hydrogen-bond donors (Lipinski definition) is 1. The highest BCUT2D eigenvalue weighted by Crippen LogP contribution is 2.15. The van der Waals surface area contributed by atoms with Crippen LogP contribution in [-0.4, -0.2) is 65.8 Å². The van der Waals surface area contributed by atoms with E-state index in [1.807, 2.05) is 0 Å². The fourth-order valence-corrected chi connectivity index (χ4v) is 2.69. The van der Waals surface area contributed by atoms with E-state index < -0.39 is 0 Å². The highest BCUT2D eigenvalue weighted by molar-refractivity contribution is 5.50. The summed E-state index contributed by atoms with van der Waals surface area (Å²) in [6.07, 6.45) is 1.55. The lowest BCUT2D eigenvalue weighted by molar-refractivity contribution is 0.0944. The zero-order valence-electron chi connectivity index (χ0n) is 13.1. The van der Waals surface area contributed by atoms with Gasteiger partial charge in [-0.25, -0.2) is 0 Å². The van der Waals surface area contributed by atoms with Gasteiger partial charge in [0, 0.05) is 38.8 Å². The van der Waals surface area contributed by atoms with Gasteiger partial charge in [0.25, 0.3) is 0 Å². The summed E-state index contributed by atoms with van der Waals surface area (Å²) >= 11 is 0. The molecule has 0 saturated carbocycles. The number of piperazine rings is 1. The van der Waals surface area contributed by atoms with Crippen LogP contribution in [0.3, 0.4) is 0 Å². The van der Waals surface area contributed by atoms with Gasteiger partial charge in [0.2, 0.25) is 0 Å². The highest BCUT2D eigenvalue weighted by Gasteiger charge is 2.25. The van der Waals surface area contributed by atoms with Crippen LogP contribution >= 0.6 is 0 Å². The molecular formula is C15H24N6. The van der Waals surface area contributed by atoms with Crippen molar-refractivity contribution in [1.82, 2.24) is 20.0 Å². The Balaban J connectivity index is 1.99. The predicted octanol–water partition coefficient (Wildman–Crippen LogP) is 1.03. The number of nitrogens with one attached hydrogen (secondary N) is 1. The Morgan fingerprint density at radius 3 is 2.67 bits per heavy atom. The SMILES string of the molecule is CC(C)C(CNc1nnccc1C#N)N1CCN(C)CC1. The Kier molecular flexibility index (Phi) is 5.48. The summed E-state index contributed by atoms with van der Waals surface area (Å²) in [4.78, 5) is 4.89. The van der Waals surface area contributed by atoms with Gasteiger partial charge in [0.1, 0.15) is 6.07 Å². The Labute approximate surface area is 126 Å². The molecule has 1 aliphatic heterocycles. The molecule has 0 bridgehead atoms. The molecule has 1 saturated heterocycles. The number of rotatable bonds is 5. The Morgan fingerprint density at radius 1 is 1.33 bits per heavy atom. The van der Waals surface area contributed by atoms with Crippen LogP contribution in [0.5, 0.6) is 0 Å². The first-order chi connectivity index (χ1) is 10.1. The molecule has 1 aliphatic rings. The van der Waals surface area contributed by atoms with Gasteiger partial charge in [-0.1, -0.05) is 13.8 Å². The molecule has 1 fully saturated rings. The summed E-state index contributed by atoms with van der Waals surface area (Å²) in [5, 5.41) is 20.3. The second kappa shape index (κ2) is 7.34. The van der Waals surface area contributed by atoms with Crippen molar-refractivity contribution in [1.29, 1.82) is 5.26 Å².